The van der Waals surface area contributed by atoms with Crippen molar-refractivity contribution in [2.45, 2.75) is 20.8 Å². The van der Waals surface area contributed by atoms with Crippen LogP contribution >= 0.6 is 11.3 Å². The number of nitrogens with zero attached hydrogens (tertiary/aromatic N) is 3. The van der Waals surface area contributed by atoms with Crippen molar-refractivity contribution in [3.8, 4) is 22.0 Å². The lowest BCUT2D eigenvalue weighted by Gasteiger charge is -2.01. The predicted molar refractivity (Wildman–Crippen MR) is 120 cm³/mol. The Balaban J connectivity index is 1.77. The van der Waals surface area contributed by atoms with Crippen LogP contribution in [0.4, 0.5) is 4.39 Å². The summed E-state index contributed by atoms with van der Waals surface area (Å²) < 4.78 is 15.0. The van der Waals surface area contributed by atoms with Gasteiger partial charge in [0.2, 0.25) is 0 Å². The molecule has 5 nitrogen and oxygen atoms in total. The first-order valence-electron chi connectivity index (χ1n) is 9.64. The number of aromatic hydroxyl groups is 1. The second-order valence-electron chi connectivity index (χ2n) is 7.22. The number of carbonyl (C=O) groups is 1. The molecule has 0 unspecified atom stereocenters. The quantitative estimate of drug-likeness (QED) is 0.326. The van der Waals surface area contributed by atoms with Crippen LogP contribution in [-0.2, 0) is 0 Å². The summed E-state index contributed by atoms with van der Waals surface area (Å²) in [6, 6.07) is 10.9. The molecule has 2 heterocycles. The number of phenols is 1. The van der Waals surface area contributed by atoms with Gasteiger partial charge in [0, 0.05) is 11.8 Å². The number of aromatic nitrogens is 3. The molecule has 2 aromatic heterocycles. The third-order valence-electron chi connectivity index (χ3n) is 4.78. The van der Waals surface area contributed by atoms with Gasteiger partial charge in [-0.3, -0.25) is 4.79 Å². The zero-order valence-electron chi connectivity index (χ0n) is 17.3. The van der Waals surface area contributed by atoms with Gasteiger partial charge in [0.25, 0.3) is 0 Å². The van der Waals surface area contributed by atoms with Crippen molar-refractivity contribution < 1.29 is 14.3 Å². The predicted octanol–water partition coefficient (Wildman–Crippen LogP) is 5.66. The summed E-state index contributed by atoms with van der Waals surface area (Å²) in [6.45, 7) is 5.70. The van der Waals surface area contributed by atoms with Gasteiger partial charge >= 0.3 is 0 Å². The van der Waals surface area contributed by atoms with Crippen molar-refractivity contribution in [1.29, 1.82) is 0 Å². The number of ketones is 1. The Morgan fingerprint density at radius 3 is 2.55 bits per heavy atom. The van der Waals surface area contributed by atoms with Gasteiger partial charge in [0.1, 0.15) is 17.3 Å². The molecule has 0 aliphatic carbocycles. The number of phenolic OH excluding ortho intramolecular Hbond substituents is 1. The van der Waals surface area contributed by atoms with Crippen molar-refractivity contribution in [2.75, 3.05) is 0 Å². The SMILES string of the molecule is Cc1ccc(O)c(C(=O)/C=C/c2cn(-c3ccc(F)cc3)nc2-c2sc(C)nc2C)c1. The lowest BCUT2D eigenvalue weighted by molar-refractivity contribution is 0.104. The maximum absolute atomic E-state index is 13.3. The zero-order valence-corrected chi connectivity index (χ0v) is 18.1. The van der Waals surface area contributed by atoms with Crippen LogP contribution in [0.25, 0.3) is 22.3 Å². The summed E-state index contributed by atoms with van der Waals surface area (Å²) in [5.74, 6) is -0.691. The van der Waals surface area contributed by atoms with E-state index in [0.717, 1.165) is 26.7 Å². The van der Waals surface area contributed by atoms with Crippen molar-refractivity contribution in [2.24, 2.45) is 0 Å². The molecule has 0 aliphatic heterocycles. The van der Waals surface area contributed by atoms with E-state index in [2.05, 4.69) is 10.1 Å². The number of allylic oxidation sites excluding steroid dienone is 1. The summed E-state index contributed by atoms with van der Waals surface area (Å²) >= 11 is 1.52. The molecular weight excluding hydrogens is 413 g/mol. The number of rotatable bonds is 5. The highest BCUT2D eigenvalue weighted by atomic mass is 32.1. The monoisotopic (exact) mass is 433 g/mol. The van der Waals surface area contributed by atoms with Crippen LogP contribution in [0.1, 0.15) is 32.2 Å². The number of carbonyl (C=O) groups excluding carboxylic acids is 1. The molecule has 0 fully saturated rings. The first kappa shape index (κ1) is 20.7. The van der Waals surface area contributed by atoms with E-state index in [1.165, 1.54) is 35.6 Å². The zero-order chi connectivity index (χ0) is 22.1. The molecule has 0 saturated heterocycles. The molecule has 0 radical (unpaired) electrons. The molecule has 0 amide bonds. The third-order valence-corrected chi connectivity index (χ3v) is 5.86. The van der Waals surface area contributed by atoms with Crippen molar-refractivity contribution in [3.63, 3.8) is 0 Å². The van der Waals surface area contributed by atoms with Crippen LogP contribution in [0.5, 0.6) is 5.75 Å². The molecule has 156 valence electrons. The van der Waals surface area contributed by atoms with Gasteiger partial charge in [-0.1, -0.05) is 11.6 Å². The van der Waals surface area contributed by atoms with Gasteiger partial charge in [0.15, 0.2) is 5.78 Å². The second kappa shape index (κ2) is 8.28. The molecule has 0 atom stereocenters. The Bertz CT molecular complexity index is 1300. The van der Waals surface area contributed by atoms with E-state index in [4.69, 9.17) is 0 Å². The van der Waals surface area contributed by atoms with Crippen LogP contribution in [-0.4, -0.2) is 25.7 Å². The number of hydrogen-bond acceptors (Lipinski definition) is 5. The highest BCUT2D eigenvalue weighted by molar-refractivity contribution is 7.15. The number of thiazole rings is 1. The van der Waals surface area contributed by atoms with Crippen LogP contribution < -0.4 is 0 Å². The summed E-state index contributed by atoms with van der Waals surface area (Å²) in [5, 5.41) is 15.6. The molecule has 0 aliphatic rings. The van der Waals surface area contributed by atoms with E-state index < -0.39 is 0 Å². The van der Waals surface area contributed by atoms with Crippen LogP contribution in [0.3, 0.4) is 0 Å². The molecule has 31 heavy (non-hydrogen) atoms. The maximum Gasteiger partial charge on any atom is 0.189 e. The Morgan fingerprint density at radius 1 is 1.13 bits per heavy atom. The van der Waals surface area contributed by atoms with Crippen molar-refractivity contribution in [3.05, 3.63) is 87.9 Å². The second-order valence-corrected chi connectivity index (χ2v) is 8.42. The highest BCUT2D eigenvalue weighted by Gasteiger charge is 2.17. The Hall–Kier alpha value is -3.58. The largest absolute Gasteiger partial charge is 0.507 e. The summed E-state index contributed by atoms with van der Waals surface area (Å²) in [4.78, 5) is 18.1. The van der Waals surface area contributed by atoms with E-state index in [1.807, 2.05) is 20.8 Å². The van der Waals surface area contributed by atoms with Gasteiger partial charge in [-0.25, -0.2) is 14.1 Å². The number of halogens is 1. The van der Waals surface area contributed by atoms with Crippen LogP contribution in [0.2, 0.25) is 0 Å². The maximum atomic E-state index is 13.3. The van der Waals surface area contributed by atoms with E-state index in [1.54, 1.807) is 41.2 Å². The molecule has 4 aromatic rings. The first-order valence-corrected chi connectivity index (χ1v) is 10.5. The molecule has 0 bridgehead atoms. The minimum Gasteiger partial charge on any atom is -0.507 e. The molecule has 1 N–H and O–H groups in total. The minimum atomic E-state index is -0.325. The van der Waals surface area contributed by atoms with E-state index >= 15 is 0 Å². The van der Waals surface area contributed by atoms with E-state index in [-0.39, 0.29) is 22.9 Å². The summed E-state index contributed by atoms with van der Waals surface area (Å²) in [5.41, 5.74) is 4.08. The lowest BCUT2D eigenvalue weighted by atomic mass is 10.1. The topological polar surface area (TPSA) is 68.0 Å². The molecule has 7 heteroatoms. The fourth-order valence-corrected chi connectivity index (χ4v) is 4.19. The molecule has 4 rings (SSSR count). The molecular formula is C24H20FN3O2S. The van der Waals surface area contributed by atoms with Gasteiger partial charge in [0.05, 0.1) is 26.8 Å². The third kappa shape index (κ3) is 4.32. The molecule has 0 spiro atoms. The van der Waals surface area contributed by atoms with Crippen molar-refractivity contribution >= 4 is 23.2 Å². The summed E-state index contributed by atoms with van der Waals surface area (Å²) in [6.07, 6.45) is 4.89. The number of aryl methyl sites for hydroxylation is 3. The van der Waals surface area contributed by atoms with Gasteiger partial charge in [-0.05, 0) is 69.3 Å². The molecule has 2 aromatic carbocycles. The smallest absolute Gasteiger partial charge is 0.189 e. The first-order chi connectivity index (χ1) is 14.8. The molecule has 0 saturated carbocycles. The van der Waals surface area contributed by atoms with Crippen LogP contribution in [0, 0.1) is 26.6 Å². The Labute approximate surface area is 183 Å². The normalized spacial score (nSPS) is 11.4. The Kier molecular flexibility index (Phi) is 5.52. The van der Waals surface area contributed by atoms with Gasteiger partial charge in [-0.15, -0.1) is 11.3 Å². The lowest BCUT2D eigenvalue weighted by Crippen LogP contribution is -1.95. The van der Waals surface area contributed by atoms with Crippen LogP contribution in [0.15, 0.2) is 54.7 Å². The fourth-order valence-electron chi connectivity index (χ4n) is 3.27. The number of hydrogen-bond donors (Lipinski definition) is 1. The minimum absolute atomic E-state index is 0.0589. The average molecular weight is 434 g/mol. The average Bonchev–Trinajstić information content (AvgIpc) is 3.30. The highest BCUT2D eigenvalue weighted by Crippen LogP contribution is 2.32. The van der Waals surface area contributed by atoms with Gasteiger partial charge < -0.3 is 5.11 Å². The standard InChI is InChI=1S/C24H20FN3O2S/c1-14-4-10-21(29)20(12-14)22(30)11-5-17-13-28(19-8-6-18(25)7-9-19)27-23(17)24-15(2)26-16(3)31-24/h4-13,29H,1-3H3/b11-5+. The number of benzene rings is 2. The van der Waals surface area contributed by atoms with E-state index in [9.17, 15) is 14.3 Å². The van der Waals surface area contributed by atoms with Gasteiger partial charge in [-0.2, -0.15) is 5.10 Å². The Morgan fingerprint density at radius 2 is 1.87 bits per heavy atom. The summed E-state index contributed by atoms with van der Waals surface area (Å²) in [7, 11) is 0. The fraction of sp³-hybridized carbons (Fsp3) is 0.125. The van der Waals surface area contributed by atoms with E-state index in [0.29, 0.717) is 11.4 Å². The van der Waals surface area contributed by atoms with Crippen molar-refractivity contribution in [1.82, 2.24) is 14.8 Å².